The molecule has 10 heteroatoms. The lowest BCUT2D eigenvalue weighted by molar-refractivity contribution is -0.119. The highest BCUT2D eigenvalue weighted by Crippen LogP contribution is 2.38. The molecular formula is C12H8BrCl4N3O2. The third-order valence-electron chi connectivity index (χ3n) is 2.79. The van der Waals surface area contributed by atoms with Crippen LogP contribution in [-0.4, -0.2) is 38.5 Å². The summed E-state index contributed by atoms with van der Waals surface area (Å²) in [6.45, 7) is 0. The number of carbonyl (C=O) groups excluding carboxylic acids is 2. The van der Waals surface area contributed by atoms with Gasteiger partial charge in [0.25, 0.3) is 5.91 Å². The molecule has 1 aliphatic rings. The van der Waals surface area contributed by atoms with Gasteiger partial charge in [-0.15, -0.1) is 0 Å². The Balaban J connectivity index is 2.54. The van der Waals surface area contributed by atoms with Gasteiger partial charge in [0.1, 0.15) is 0 Å². The number of amides is 3. The summed E-state index contributed by atoms with van der Waals surface area (Å²) >= 11 is 26.6. The number of benzene rings is 1. The zero-order chi connectivity index (χ0) is 16.7. The van der Waals surface area contributed by atoms with Crippen molar-refractivity contribution in [3.8, 4) is 0 Å². The first-order valence-corrected chi connectivity index (χ1v) is 8.16. The zero-order valence-electron chi connectivity index (χ0n) is 10.9. The minimum atomic E-state index is -1.60. The van der Waals surface area contributed by atoms with Crippen molar-refractivity contribution in [3.05, 3.63) is 29.3 Å². The molecule has 1 unspecified atom stereocenters. The molecule has 0 spiro atoms. The molecule has 1 saturated heterocycles. The van der Waals surface area contributed by atoms with Gasteiger partial charge < -0.3 is 0 Å². The fourth-order valence-corrected chi connectivity index (χ4v) is 2.23. The van der Waals surface area contributed by atoms with Crippen LogP contribution in [0, 0.1) is 0 Å². The van der Waals surface area contributed by atoms with Crippen LogP contribution in [0.15, 0.2) is 29.3 Å². The van der Waals surface area contributed by atoms with Gasteiger partial charge in [0.2, 0.25) is 9.08 Å². The third-order valence-corrected chi connectivity index (χ3v) is 4.86. The Labute approximate surface area is 154 Å². The molecule has 118 valence electrons. The smallest absolute Gasteiger partial charge is 0.265 e. The Hall–Kier alpha value is -0.530. The van der Waals surface area contributed by atoms with Gasteiger partial charge in [0.15, 0.2) is 5.50 Å². The van der Waals surface area contributed by atoms with E-state index in [-0.39, 0.29) is 10.9 Å². The molecule has 0 radical (unpaired) electrons. The Morgan fingerprint density at radius 1 is 1.27 bits per heavy atom. The van der Waals surface area contributed by atoms with E-state index in [1.165, 1.54) is 7.05 Å². The summed E-state index contributed by atoms with van der Waals surface area (Å²) < 4.78 is -1.60. The molecule has 1 aromatic rings. The van der Waals surface area contributed by atoms with Gasteiger partial charge in [-0.2, -0.15) is 0 Å². The molecule has 0 aromatic heterocycles. The van der Waals surface area contributed by atoms with E-state index in [9.17, 15) is 9.59 Å². The quantitative estimate of drug-likeness (QED) is 0.395. The van der Waals surface area contributed by atoms with E-state index < -0.39 is 20.7 Å². The van der Waals surface area contributed by atoms with E-state index >= 15 is 0 Å². The van der Waals surface area contributed by atoms with Crippen LogP contribution in [0.25, 0.3) is 0 Å². The van der Waals surface area contributed by atoms with Crippen LogP contribution >= 0.6 is 62.3 Å². The number of nitrogens with zero attached hydrogens (tertiary/aromatic N) is 3. The molecule has 1 heterocycles. The molecule has 22 heavy (non-hydrogen) atoms. The summed E-state index contributed by atoms with van der Waals surface area (Å²) in [4.78, 5) is 30.4. The molecule has 0 bridgehead atoms. The van der Waals surface area contributed by atoms with Crippen LogP contribution in [0.3, 0.4) is 0 Å². The summed E-state index contributed by atoms with van der Waals surface area (Å²) in [7, 11) is 1.32. The number of urea groups is 1. The maximum Gasteiger partial charge on any atom is 0.337 e. The van der Waals surface area contributed by atoms with Crippen LogP contribution < -0.4 is 4.90 Å². The molecule has 0 saturated carbocycles. The van der Waals surface area contributed by atoms with Crippen LogP contribution in [-0.2, 0) is 4.79 Å². The first kappa shape index (κ1) is 17.8. The van der Waals surface area contributed by atoms with Gasteiger partial charge in [0.05, 0.1) is 10.7 Å². The number of halogens is 5. The van der Waals surface area contributed by atoms with Crippen molar-refractivity contribution < 1.29 is 9.59 Å². The summed E-state index contributed by atoms with van der Waals surface area (Å²) in [5.74, 6) is -0.855. The second kappa shape index (κ2) is 6.53. The van der Waals surface area contributed by atoms with Crippen molar-refractivity contribution >= 4 is 85.8 Å². The first-order chi connectivity index (χ1) is 10.1. The molecule has 3 amide bonds. The van der Waals surface area contributed by atoms with E-state index in [1.54, 1.807) is 24.3 Å². The zero-order valence-corrected chi connectivity index (χ0v) is 15.5. The average Bonchev–Trinajstić information content (AvgIpc) is 2.63. The van der Waals surface area contributed by atoms with Crippen molar-refractivity contribution in [1.29, 1.82) is 0 Å². The van der Waals surface area contributed by atoms with Crippen molar-refractivity contribution in [3.63, 3.8) is 0 Å². The van der Waals surface area contributed by atoms with E-state index in [4.69, 9.17) is 46.4 Å². The highest BCUT2D eigenvalue weighted by Gasteiger charge is 2.43. The Morgan fingerprint density at radius 3 is 2.41 bits per heavy atom. The molecule has 1 atom stereocenters. The summed E-state index contributed by atoms with van der Waals surface area (Å²) in [6.07, 6.45) is 0. The number of alkyl halides is 4. The van der Waals surface area contributed by atoms with E-state index in [0.29, 0.717) is 5.69 Å². The predicted octanol–water partition coefficient (Wildman–Crippen LogP) is 4.23. The normalized spacial score (nSPS) is 19.3. The second-order valence-corrected chi connectivity index (χ2v) is 8.63. The number of hydrogen-bond donors (Lipinski definition) is 0. The second-order valence-electron chi connectivity index (χ2n) is 4.26. The van der Waals surface area contributed by atoms with Gasteiger partial charge in [-0.3, -0.25) is 9.69 Å². The van der Waals surface area contributed by atoms with Crippen molar-refractivity contribution in [2.24, 2.45) is 4.99 Å². The fourth-order valence-electron chi connectivity index (χ4n) is 1.72. The van der Waals surface area contributed by atoms with E-state index in [0.717, 1.165) is 9.80 Å². The number of carbonyl (C=O) groups is 2. The molecule has 5 nitrogen and oxygen atoms in total. The number of para-hydroxylation sites is 1. The lowest BCUT2D eigenvalue weighted by Crippen LogP contribution is -2.33. The Kier molecular flexibility index (Phi) is 5.29. The standard InChI is InChI=1S/C12H8BrCl4N3O2/c1-19-9(21)8(18-10(15)12(13,16)17)20(11(19)22)7-5-3-2-4-6(7)14/h2-5,10H,1H3/b18-8+. The summed E-state index contributed by atoms with van der Waals surface area (Å²) in [5, 5.41) is 0.277. The number of hydrogen-bond acceptors (Lipinski definition) is 3. The lowest BCUT2D eigenvalue weighted by atomic mass is 10.3. The van der Waals surface area contributed by atoms with Crippen molar-refractivity contribution in [2.45, 2.75) is 8.74 Å². The van der Waals surface area contributed by atoms with Crippen LogP contribution in [0.1, 0.15) is 0 Å². The maximum absolute atomic E-state index is 12.3. The topological polar surface area (TPSA) is 53.0 Å². The largest absolute Gasteiger partial charge is 0.337 e. The highest BCUT2D eigenvalue weighted by atomic mass is 79.9. The number of amidine groups is 1. The molecular weight excluding hydrogens is 440 g/mol. The van der Waals surface area contributed by atoms with Gasteiger partial charge in [-0.1, -0.05) is 58.5 Å². The van der Waals surface area contributed by atoms with Gasteiger partial charge in [-0.25, -0.2) is 14.7 Å². The van der Waals surface area contributed by atoms with Gasteiger partial charge >= 0.3 is 6.03 Å². The van der Waals surface area contributed by atoms with E-state index in [2.05, 4.69) is 20.9 Å². The maximum atomic E-state index is 12.3. The fraction of sp³-hybridized carbons (Fsp3) is 0.250. The first-order valence-electron chi connectivity index (χ1n) is 5.80. The number of likely N-dealkylation sites (N-methyl/N-ethyl adjacent to an activating group) is 1. The summed E-state index contributed by atoms with van der Waals surface area (Å²) in [5.41, 5.74) is -0.905. The Morgan fingerprint density at radius 2 is 1.86 bits per heavy atom. The number of rotatable bonds is 3. The van der Waals surface area contributed by atoms with Crippen LogP contribution in [0.2, 0.25) is 5.02 Å². The van der Waals surface area contributed by atoms with E-state index in [1.807, 2.05) is 0 Å². The molecule has 0 aliphatic carbocycles. The molecule has 1 fully saturated rings. The predicted molar refractivity (Wildman–Crippen MR) is 92.5 cm³/mol. The third kappa shape index (κ3) is 3.36. The van der Waals surface area contributed by atoms with Crippen molar-refractivity contribution in [2.75, 3.05) is 11.9 Å². The monoisotopic (exact) mass is 445 g/mol. The lowest BCUT2D eigenvalue weighted by Gasteiger charge is -2.19. The number of imide groups is 1. The number of anilines is 1. The molecule has 1 aromatic carbocycles. The SMILES string of the molecule is CN1C(=O)/C(=N\C(Cl)C(Cl)(Cl)Br)N(c2ccccc2Cl)C1=O. The van der Waals surface area contributed by atoms with Gasteiger partial charge in [0, 0.05) is 7.05 Å². The van der Waals surface area contributed by atoms with Gasteiger partial charge in [-0.05, 0) is 28.1 Å². The molecule has 1 aliphatic heterocycles. The highest BCUT2D eigenvalue weighted by molar-refractivity contribution is 9.11. The van der Waals surface area contributed by atoms with Crippen LogP contribution in [0.4, 0.5) is 10.5 Å². The molecule has 2 rings (SSSR count). The number of aliphatic imine (C=N–C) groups is 1. The van der Waals surface area contributed by atoms with Crippen LogP contribution in [0.5, 0.6) is 0 Å². The minimum Gasteiger partial charge on any atom is -0.265 e. The van der Waals surface area contributed by atoms with Crippen molar-refractivity contribution in [1.82, 2.24) is 4.90 Å². The summed E-state index contributed by atoms with van der Waals surface area (Å²) in [6, 6.07) is 5.92. The average molecular weight is 448 g/mol. The molecule has 0 N–H and O–H groups in total. The minimum absolute atomic E-state index is 0.217. The Bertz CT molecular complexity index is 662.